The molecule has 1 atom stereocenters. The van der Waals surface area contributed by atoms with E-state index in [4.69, 9.17) is 10.5 Å². The number of fused-ring (bicyclic) bond motifs is 4. The van der Waals surface area contributed by atoms with Gasteiger partial charge in [0.05, 0.1) is 12.1 Å². The molecule has 3 aliphatic carbocycles. The zero-order valence-electron chi connectivity index (χ0n) is 14.4. The van der Waals surface area contributed by atoms with Crippen LogP contribution in [-0.2, 0) is 5.54 Å². The van der Waals surface area contributed by atoms with Crippen molar-refractivity contribution in [3.05, 3.63) is 42.0 Å². The number of ether oxygens (including phenoxy) is 1. The van der Waals surface area contributed by atoms with Gasteiger partial charge in [0, 0.05) is 0 Å². The molecule has 128 valence electrons. The van der Waals surface area contributed by atoms with Crippen LogP contribution in [0.2, 0.25) is 0 Å². The average Bonchev–Trinajstić information content (AvgIpc) is 2.62. The Morgan fingerprint density at radius 2 is 1.71 bits per heavy atom. The van der Waals surface area contributed by atoms with Crippen LogP contribution in [-0.4, -0.2) is 17.3 Å². The van der Waals surface area contributed by atoms with Crippen LogP contribution in [0, 0.1) is 5.92 Å². The maximum Gasteiger partial charge on any atom is 0.120 e. The van der Waals surface area contributed by atoms with Gasteiger partial charge in [-0.2, -0.15) is 0 Å². The molecular weight excluding hydrogens is 298 g/mol. The van der Waals surface area contributed by atoms with Crippen molar-refractivity contribution >= 4 is 10.8 Å². The predicted molar refractivity (Wildman–Crippen MR) is 97.1 cm³/mol. The van der Waals surface area contributed by atoms with E-state index in [9.17, 15) is 5.11 Å². The van der Waals surface area contributed by atoms with E-state index in [1.807, 2.05) is 13.0 Å². The summed E-state index contributed by atoms with van der Waals surface area (Å²) >= 11 is 0. The van der Waals surface area contributed by atoms with Crippen molar-refractivity contribution in [3.8, 4) is 5.75 Å². The molecule has 0 aromatic heterocycles. The van der Waals surface area contributed by atoms with Crippen LogP contribution in [0.15, 0.2) is 36.4 Å². The summed E-state index contributed by atoms with van der Waals surface area (Å²) in [5.74, 6) is 1.93. The molecule has 2 bridgehead atoms. The maximum atomic E-state index is 9.46. The number of hydrogen-bond acceptors (Lipinski definition) is 3. The highest BCUT2D eigenvalue weighted by atomic mass is 16.5. The Morgan fingerprint density at radius 3 is 2.38 bits per heavy atom. The molecule has 0 saturated heterocycles. The first-order chi connectivity index (χ1) is 11.5. The fourth-order valence-electron chi connectivity index (χ4n) is 4.35. The number of aliphatic hydroxyl groups is 1. The molecule has 0 heterocycles. The van der Waals surface area contributed by atoms with Crippen molar-refractivity contribution in [3.63, 3.8) is 0 Å². The third kappa shape index (κ3) is 2.80. The molecule has 3 saturated carbocycles. The summed E-state index contributed by atoms with van der Waals surface area (Å²) in [5.41, 5.74) is 6.47. The molecule has 3 N–H and O–H groups in total. The van der Waals surface area contributed by atoms with Gasteiger partial charge in [-0.15, -0.1) is 0 Å². The number of aliphatic hydroxyl groups excluding tert-OH is 1. The van der Waals surface area contributed by atoms with Gasteiger partial charge in [0.2, 0.25) is 0 Å². The van der Waals surface area contributed by atoms with E-state index in [1.165, 1.54) is 38.5 Å². The van der Waals surface area contributed by atoms with Crippen molar-refractivity contribution in [1.29, 1.82) is 0 Å². The SMILES string of the molecule is C[C@](N)(CO)c1ccc2cc(OC34CCC(CC3)CC4)ccc2c1. The molecule has 0 unspecified atom stereocenters. The second-order valence-electron chi connectivity index (χ2n) is 8.07. The molecule has 2 aromatic rings. The van der Waals surface area contributed by atoms with Gasteiger partial charge in [-0.1, -0.05) is 18.2 Å². The van der Waals surface area contributed by atoms with Crippen LogP contribution in [0.1, 0.15) is 51.0 Å². The van der Waals surface area contributed by atoms with Crippen LogP contribution in [0.3, 0.4) is 0 Å². The Labute approximate surface area is 143 Å². The van der Waals surface area contributed by atoms with Crippen molar-refractivity contribution in [2.75, 3.05) is 6.61 Å². The molecule has 5 rings (SSSR count). The highest BCUT2D eigenvalue weighted by molar-refractivity contribution is 5.84. The Balaban J connectivity index is 1.61. The molecule has 2 aromatic carbocycles. The first kappa shape index (κ1) is 15.9. The van der Waals surface area contributed by atoms with Crippen molar-refractivity contribution in [2.45, 2.75) is 56.6 Å². The lowest BCUT2D eigenvalue weighted by Crippen LogP contribution is -2.44. The standard InChI is InChI=1S/C21H27NO2/c1-20(22,14-23)18-4-2-17-13-19(5-3-16(17)12-18)24-21-9-6-15(7-10-21)8-11-21/h2-5,12-13,15,23H,6-11,14,22H2,1H3/t15?,20-,21?/m0/s1. The van der Waals surface area contributed by atoms with Gasteiger partial charge in [-0.25, -0.2) is 0 Å². The van der Waals surface area contributed by atoms with Gasteiger partial charge in [-0.3, -0.25) is 0 Å². The molecule has 0 amide bonds. The van der Waals surface area contributed by atoms with E-state index in [-0.39, 0.29) is 12.2 Å². The summed E-state index contributed by atoms with van der Waals surface area (Å²) in [6.07, 6.45) is 7.59. The minimum atomic E-state index is -0.705. The normalized spacial score (nSPS) is 28.7. The molecule has 24 heavy (non-hydrogen) atoms. The minimum Gasteiger partial charge on any atom is -0.487 e. The number of hydrogen-bond donors (Lipinski definition) is 2. The molecular formula is C21H27NO2. The Kier molecular flexibility index (Phi) is 3.81. The van der Waals surface area contributed by atoms with Gasteiger partial charge in [0.25, 0.3) is 0 Å². The number of benzene rings is 2. The monoisotopic (exact) mass is 325 g/mol. The van der Waals surface area contributed by atoms with Crippen molar-refractivity contribution < 1.29 is 9.84 Å². The van der Waals surface area contributed by atoms with Crippen LogP contribution in [0.25, 0.3) is 10.8 Å². The Morgan fingerprint density at radius 1 is 1.08 bits per heavy atom. The first-order valence-corrected chi connectivity index (χ1v) is 9.13. The minimum absolute atomic E-state index is 0.0663. The lowest BCUT2D eigenvalue weighted by atomic mass is 9.68. The van der Waals surface area contributed by atoms with Crippen LogP contribution < -0.4 is 10.5 Å². The lowest BCUT2D eigenvalue weighted by molar-refractivity contribution is -0.0322. The quantitative estimate of drug-likeness (QED) is 0.889. The molecule has 3 nitrogen and oxygen atoms in total. The molecule has 0 spiro atoms. The third-order valence-electron chi connectivity index (χ3n) is 6.16. The van der Waals surface area contributed by atoms with E-state index in [1.54, 1.807) is 0 Å². The predicted octanol–water partition coefficient (Wildman–Crippen LogP) is 4.11. The smallest absolute Gasteiger partial charge is 0.120 e. The summed E-state index contributed by atoms with van der Waals surface area (Å²) < 4.78 is 6.49. The summed E-state index contributed by atoms with van der Waals surface area (Å²) in [4.78, 5) is 0. The van der Waals surface area contributed by atoms with Gasteiger partial charge in [0.1, 0.15) is 11.4 Å². The van der Waals surface area contributed by atoms with Crippen LogP contribution in [0.4, 0.5) is 0 Å². The number of nitrogens with two attached hydrogens (primary N) is 1. The molecule has 3 aliphatic rings. The summed E-state index contributed by atoms with van der Waals surface area (Å²) in [5, 5.41) is 11.8. The van der Waals surface area contributed by atoms with Gasteiger partial charge in [-0.05, 0) is 85.9 Å². The topological polar surface area (TPSA) is 55.5 Å². The fourth-order valence-corrected chi connectivity index (χ4v) is 4.35. The van der Waals surface area contributed by atoms with E-state index in [0.717, 1.165) is 28.0 Å². The largest absolute Gasteiger partial charge is 0.487 e. The van der Waals surface area contributed by atoms with E-state index < -0.39 is 5.54 Å². The molecule has 3 heteroatoms. The van der Waals surface area contributed by atoms with E-state index in [0.29, 0.717) is 0 Å². The Bertz CT molecular complexity index is 731. The van der Waals surface area contributed by atoms with Gasteiger partial charge < -0.3 is 15.6 Å². The van der Waals surface area contributed by atoms with E-state index >= 15 is 0 Å². The first-order valence-electron chi connectivity index (χ1n) is 9.13. The van der Waals surface area contributed by atoms with Crippen molar-refractivity contribution in [1.82, 2.24) is 0 Å². The van der Waals surface area contributed by atoms with Crippen molar-refractivity contribution in [2.24, 2.45) is 11.7 Å². The third-order valence-corrected chi connectivity index (χ3v) is 6.16. The molecule has 0 radical (unpaired) electrons. The highest BCUT2D eigenvalue weighted by Crippen LogP contribution is 2.46. The van der Waals surface area contributed by atoms with Crippen LogP contribution >= 0.6 is 0 Å². The zero-order valence-corrected chi connectivity index (χ0v) is 14.4. The maximum absolute atomic E-state index is 9.46. The lowest BCUT2D eigenvalue weighted by Gasteiger charge is -2.46. The summed E-state index contributed by atoms with van der Waals surface area (Å²) in [7, 11) is 0. The zero-order chi connectivity index (χ0) is 16.8. The second-order valence-corrected chi connectivity index (χ2v) is 8.07. The highest BCUT2D eigenvalue weighted by Gasteiger charge is 2.42. The van der Waals surface area contributed by atoms with E-state index in [2.05, 4.69) is 30.3 Å². The second kappa shape index (κ2) is 5.75. The van der Waals surface area contributed by atoms with Crippen LogP contribution in [0.5, 0.6) is 5.75 Å². The van der Waals surface area contributed by atoms with Gasteiger partial charge in [0.15, 0.2) is 0 Å². The number of rotatable bonds is 4. The summed E-state index contributed by atoms with van der Waals surface area (Å²) in [6.45, 7) is 1.79. The molecule has 3 fully saturated rings. The average molecular weight is 325 g/mol. The fraction of sp³-hybridized carbons (Fsp3) is 0.524. The van der Waals surface area contributed by atoms with Gasteiger partial charge >= 0.3 is 0 Å². The molecule has 0 aliphatic heterocycles. The summed E-state index contributed by atoms with van der Waals surface area (Å²) in [6, 6.07) is 12.5. The Hall–Kier alpha value is -1.58.